The molecule has 1 N–H and O–H groups in total. The third-order valence-corrected chi connectivity index (χ3v) is 2.56. The molecule has 0 amide bonds. The molecule has 18 heavy (non-hydrogen) atoms. The summed E-state index contributed by atoms with van der Waals surface area (Å²) in [7, 11) is 0. The Bertz CT molecular complexity index is 408. The summed E-state index contributed by atoms with van der Waals surface area (Å²) in [5.74, 6) is -0.518. The molecule has 0 saturated heterocycles. The molecular weight excluding hydrogens is 232 g/mol. The van der Waals surface area contributed by atoms with Gasteiger partial charge in [-0.15, -0.1) is 0 Å². The smallest absolute Gasteiger partial charge is 0.306 e. The van der Waals surface area contributed by atoms with Gasteiger partial charge in [0.2, 0.25) is 5.78 Å². The molecule has 98 valence electrons. The number of Topliss-reactive ketones (excluding diaryl/α,β-unsaturated/α-hetero) is 1. The van der Waals surface area contributed by atoms with Gasteiger partial charge in [-0.05, 0) is 37.6 Å². The molecule has 0 aliphatic carbocycles. The van der Waals surface area contributed by atoms with Crippen molar-refractivity contribution in [2.45, 2.75) is 39.2 Å². The van der Waals surface area contributed by atoms with Crippen LogP contribution in [0.3, 0.4) is 0 Å². The van der Waals surface area contributed by atoms with Gasteiger partial charge in [0.25, 0.3) is 0 Å². The molecule has 0 saturated carbocycles. The molecule has 1 atom stereocenters. The number of phenolic OH excluding ortho intramolecular Hbond substituents is 1. The zero-order valence-electron chi connectivity index (χ0n) is 10.7. The van der Waals surface area contributed by atoms with Crippen LogP contribution in [-0.4, -0.2) is 23.0 Å². The maximum absolute atomic E-state index is 11.9. The minimum atomic E-state index is -0.793. The van der Waals surface area contributed by atoms with E-state index in [1.54, 1.807) is 6.92 Å². The van der Waals surface area contributed by atoms with Crippen LogP contribution in [0.5, 0.6) is 5.75 Å². The van der Waals surface area contributed by atoms with E-state index in [2.05, 4.69) is 0 Å². The van der Waals surface area contributed by atoms with Crippen molar-refractivity contribution in [2.75, 3.05) is 0 Å². The lowest BCUT2D eigenvalue weighted by atomic mass is 10.1. The predicted molar refractivity (Wildman–Crippen MR) is 67.5 cm³/mol. The van der Waals surface area contributed by atoms with Crippen molar-refractivity contribution in [1.29, 1.82) is 0 Å². The van der Waals surface area contributed by atoms with E-state index in [-0.39, 0.29) is 17.5 Å². The first-order valence-electron chi connectivity index (χ1n) is 6.07. The van der Waals surface area contributed by atoms with Gasteiger partial charge in [0.1, 0.15) is 5.75 Å². The Kier molecular flexibility index (Phi) is 5.36. The molecule has 4 nitrogen and oxygen atoms in total. The number of hydrogen-bond donors (Lipinski definition) is 1. The lowest BCUT2D eigenvalue weighted by Gasteiger charge is -2.12. The van der Waals surface area contributed by atoms with Crippen molar-refractivity contribution < 1.29 is 19.4 Å². The van der Waals surface area contributed by atoms with Crippen molar-refractivity contribution in [3.05, 3.63) is 29.8 Å². The third kappa shape index (κ3) is 4.20. The number of ether oxygens (including phenoxy) is 1. The van der Waals surface area contributed by atoms with Crippen molar-refractivity contribution >= 4 is 11.8 Å². The van der Waals surface area contributed by atoms with Crippen LogP contribution in [0.15, 0.2) is 24.3 Å². The highest BCUT2D eigenvalue weighted by molar-refractivity contribution is 6.00. The van der Waals surface area contributed by atoms with Gasteiger partial charge in [-0.1, -0.05) is 13.3 Å². The Balaban J connectivity index is 2.56. The SMILES string of the molecule is CCCCC(=O)OC(C)C(=O)c1ccc(O)cc1. The fourth-order valence-corrected chi connectivity index (χ4v) is 1.49. The van der Waals surface area contributed by atoms with Gasteiger partial charge < -0.3 is 9.84 Å². The quantitative estimate of drug-likeness (QED) is 0.622. The zero-order chi connectivity index (χ0) is 13.5. The summed E-state index contributed by atoms with van der Waals surface area (Å²) in [4.78, 5) is 23.3. The lowest BCUT2D eigenvalue weighted by molar-refractivity contribution is -0.146. The van der Waals surface area contributed by atoms with E-state index in [0.29, 0.717) is 12.0 Å². The Morgan fingerprint density at radius 1 is 1.28 bits per heavy atom. The summed E-state index contributed by atoms with van der Waals surface area (Å²) in [5.41, 5.74) is 0.420. The number of aromatic hydroxyl groups is 1. The largest absolute Gasteiger partial charge is 0.508 e. The second-order valence-corrected chi connectivity index (χ2v) is 4.15. The molecule has 4 heteroatoms. The maximum Gasteiger partial charge on any atom is 0.306 e. The van der Waals surface area contributed by atoms with Crippen LogP contribution in [0, 0.1) is 0 Å². The van der Waals surface area contributed by atoms with E-state index in [1.165, 1.54) is 24.3 Å². The number of rotatable bonds is 6. The maximum atomic E-state index is 11.9. The summed E-state index contributed by atoms with van der Waals surface area (Å²) in [6, 6.07) is 5.87. The number of esters is 1. The fraction of sp³-hybridized carbons (Fsp3) is 0.429. The summed E-state index contributed by atoms with van der Waals surface area (Å²) in [6.45, 7) is 3.54. The molecule has 0 spiro atoms. The highest BCUT2D eigenvalue weighted by atomic mass is 16.5. The average Bonchev–Trinajstić information content (AvgIpc) is 2.36. The highest BCUT2D eigenvalue weighted by Gasteiger charge is 2.18. The molecule has 0 aromatic heterocycles. The zero-order valence-corrected chi connectivity index (χ0v) is 10.7. The molecule has 0 aliphatic rings. The second kappa shape index (κ2) is 6.79. The molecule has 1 aromatic rings. The Morgan fingerprint density at radius 3 is 2.44 bits per heavy atom. The van der Waals surface area contributed by atoms with Crippen LogP contribution in [-0.2, 0) is 9.53 Å². The van der Waals surface area contributed by atoms with Crippen LogP contribution in [0.4, 0.5) is 0 Å². The molecule has 0 bridgehead atoms. The minimum absolute atomic E-state index is 0.0964. The fourth-order valence-electron chi connectivity index (χ4n) is 1.49. The monoisotopic (exact) mass is 250 g/mol. The first-order chi connectivity index (χ1) is 8.54. The van der Waals surface area contributed by atoms with Crippen molar-refractivity contribution in [1.82, 2.24) is 0 Å². The molecule has 1 unspecified atom stereocenters. The number of carbonyl (C=O) groups excluding carboxylic acids is 2. The second-order valence-electron chi connectivity index (χ2n) is 4.15. The van der Waals surface area contributed by atoms with Gasteiger partial charge in [-0.2, -0.15) is 0 Å². The molecule has 1 rings (SSSR count). The van der Waals surface area contributed by atoms with Gasteiger partial charge in [0.05, 0.1) is 0 Å². The molecular formula is C14H18O4. The molecule has 0 heterocycles. The molecule has 0 fully saturated rings. The standard InChI is InChI=1S/C14H18O4/c1-3-4-5-13(16)18-10(2)14(17)11-6-8-12(15)9-7-11/h6-10,15H,3-5H2,1-2H3. The number of unbranched alkanes of at least 4 members (excludes halogenated alkanes) is 1. The van der Waals surface area contributed by atoms with Gasteiger partial charge in [0, 0.05) is 12.0 Å². The average molecular weight is 250 g/mol. The number of benzene rings is 1. The highest BCUT2D eigenvalue weighted by Crippen LogP contribution is 2.13. The van der Waals surface area contributed by atoms with Crippen LogP contribution in [0.2, 0.25) is 0 Å². The van der Waals surface area contributed by atoms with E-state index >= 15 is 0 Å². The van der Waals surface area contributed by atoms with E-state index < -0.39 is 6.10 Å². The van der Waals surface area contributed by atoms with Crippen LogP contribution >= 0.6 is 0 Å². The Morgan fingerprint density at radius 2 is 1.89 bits per heavy atom. The minimum Gasteiger partial charge on any atom is -0.508 e. The van der Waals surface area contributed by atoms with Gasteiger partial charge in [-0.3, -0.25) is 9.59 Å². The van der Waals surface area contributed by atoms with E-state index in [4.69, 9.17) is 9.84 Å². The molecule has 0 radical (unpaired) electrons. The summed E-state index contributed by atoms with van der Waals surface area (Å²) in [5, 5.41) is 9.12. The molecule has 0 aliphatic heterocycles. The normalized spacial score (nSPS) is 11.9. The van der Waals surface area contributed by atoms with Crippen molar-refractivity contribution in [3.8, 4) is 5.75 Å². The van der Waals surface area contributed by atoms with E-state index in [1.807, 2.05) is 6.92 Å². The van der Waals surface area contributed by atoms with E-state index in [0.717, 1.165) is 12.8 Å². The van der Waals surface area contributed by atoms with Gasteiger partial charge in [-0.25, -0.2) is 0 Å². The number of ketones is 1. The van der Waals surface area contributed by atoms with Crippen LogP contribution in [0.25, 0.3) is 0 Å². The third-order valence-electron chi connectivity index (χ3n) is 2.56. The lowest BCUT2D eigenvalue weighted by Crippen LogP contribution is -2.24. The topological polar surface area (TPSA) is 63.6 Å². The predicted octanol–water partition coefficient (Wildman–Crippen LogP) is 2.70. The number of hydrogen-bond acceptors (Lipinski definition) is 4. The van der Waals surface area contributed by atoms with Crippen molar-refractivity contribution in [2.24, 2.45) is 0 Å². The molecule has 1 aromatic carbocycles. The van der Waals surface area contributed by atoms with Gasteiger partial charge >= 0.3 is 5.97 Å². The summed E-state index contributed by atoms with van der Waals surface area (Å²) < 4.78 is 5.05. The summed E-state index contributed by atoms with van der Waals surface area (Å²) >= 11 is 0. The summed E-state index contributed by atoms with van der Waals surface area (Å²) in [6.07, 6.45) is 1.22. The first-order valence-corrected chi connectivity index (χ1v) is 6.07. The van der Waals surface area contributed by atoms with Crippen molar-refractivity contribution in [3.63, 3.8) is 0 Å². The first kappa shape index (κ1) is 14.2. The van der Waals surface area contributed by atoms with E-state index in [9.17, 15) is 9.59 Å². The van der Waals surface area contributed by atoms with Crippen LogP contribution in [0.1, 0.15) is 43.5 Å². The van der Waals surface area contributed by atoms with Crippen LogP contribution < -0.4 is 0 Å². The Labute approximate surface area is 107 Å². The number of phenols is 1. The Hall–Kier alpha value is -1.84. The number of carbonyl (C=O) groups is 2. The van der Waals surface area contributed by atoms with Gasteiger partial charge in [0.15, 0.2) is 6.10 Å².